The van der Waals surface area contributed by atoms with Gasteiger partial charge in [0.1, 0.15) is 0 Å². The van der Waals surface area contributed by atoms with Gasteiger partial charge in [-0.05, 0) is 61.4 Å². The second kappa shape index (κ2) is 8.74. The van der Waals surface area contributed by atoms with E-state index in [1.54, 1.807) is 0 Å². The number of hydrogen-bond donors (Lipinski definition) is 2. The summed E-state index contributed by atoms with van der Waals surface area (Å²) in [6.07, 6.45) is 5.40. The van der Waals surface area contributed by atoms with Crippen LogP contribution >= 0.6 is 0 Å². The lowest BCUT2D eigenvalue weighted by atomic mass is 9.94. The second-order valence-corrected chi connectivity index (χ2v) is 8.31. The van der Waals surface area contributed by atoms with Crippen molar-refractivity contribution in [3.63, 3.8) is 0 Å². The zero-order valence-corrected chi connectivity index (χ0v) is 17.7. The Kier molecular flexibility index (Phi) is 5.88. The predicted octanol–water partition coefficient (Wildman–Crippen LogP) is 5.51. The van der Waals surface area contributed by atoms with Gasteiger partial charge in [-0.25, -0.2) is 4.79 Å². The molecule has 1 aromatic heterocycles. The van der Waals surface area contributed by atoms with E-state index in [0.717, 1.165) is 53.4 Å². The Morgan fingerprint density at radius 3 is 2.53 bits per heavy atom. The fourth-order valence-electron chi connectivity index (χ4n) is 4.35. The molecular formula is C25H29N3O2. The van der Waals surface area contributed by atoms with Crippen molar-refractivity contribution in [3.05, 3.63) is 75.6 Å². The van der Waals surface area contributed by atoms with Crippen molar-refractivity contribution in [3.8, 4) is 0 Å². The van der Waals surface area contributed by atoms with Crippen molar-refractivity contribution in [2.24, 2.45) is 0 Å². The number of urea groups is 1. The van der Waals surface area contributed by atoms with Crippen LogP contribution in [-0.4, -0.2) is 22.0 Å². The molecule has 2 amide bonds. The van der Waals surface area contributed by atoms with Gasteiger partial charge >= 0.3 is 6.03 Å². The summed E-state index contributed by atoms with van der Waals surface area (Å²) in [4.78, 5) is 31.0. The molecule has 0 spiro atoms. The highest BCUT2D eigenvalue weighted by Gasteiger charge is 2.26. The molecule has 0 unspecified atom stereocenters. The molecule has 5 nitrogen and oxygen atoms in total. The molecule has 0 bridgehead atoms. The number of pyridine rings is 1. The molecule has 3 aromatic rings. The minimum atomic E-state index is -0.146. The van der Waals surface area contributed by atoms with Gasteiger partial charge < -0.3 is 15.2 Å². The van der Waals surface area contributed by atoms with Crippen molar-refractivity contribution >= 4 is 22.6 Å². The van der Waals surface area contributed by atoms with Crippen LogP contribution in [0.1, 0.15) is 48.8 Å². The SMILES string of the molecule is Cc1ccc2cc(CN(C(=O)Nc3ccccc3)C3CCCCC3)c(=O)[nH]c2c1C. The highest BCUT2D eigenvalue weighted by molar-refractivity contribution is 5.89. The van der Waals surface area contributed by atoms with E-state index in [2.05, 4.69) is 16.4 Å². The van der Waals surface area contributed by atoms with Crippen LogP contribution in [0.15, 0.2) is 53.3 Å². The summed E-state index contributed by atoms with van der Waals surface area (Å²) in [6.45, 7) is 4.37. The van der Waals surface area contributed by atoms with Crippen LogP contribution in [0, 0.1) is 13.8 Å². The van der Waals surface area contributed by atoms with Crippen molar-refractivity contribution < 1.29 is 4.79 Å². The van der Waals surface area contributed by atoms with Gasteiger partial charge in [0.2, 0.25) is 0 Å². The number of nitrogens with zero attached hydrogens (tertiary/aromatic N) is 1. The van der Waals surface area contributed by atoms with Crippen LogP contribution in [-0.2, 0) is 6.54 Å². The third-order valence-corrected chi connectivity index (χ3v) is 6.27. The predicted molar refractivity (Wildman–Crippen MR) is 122 cm³/mol. The first kappa shape index (κ1) is 20.2. The van der Waals surface area contributed by atoms with E-state index in [-0.39, 0.29) is 17.6 Å². The lowest BCUT2D eigenvalue weighted by Gasteiger charge is -2.34. The maximum atomic E-state index is 13.2. The van der Waals surface area contributed by atoms with Gasteiger partial charge in [-0.15, -0.1) is 0 Å². The molecule has 1 heterocycles. The van der Waals surface area contributed by atoms with Crippen LogP contribution in [0.25, 0.3) is 10.9 Å². The molecule has 156 valence electrons. The Bertz CT molecular complexity index is 1100. The van der Waals surface area contributed by atoms with E-state index in [4.69, 9.17) is 0 Å². The summed E-state index contributed by atoms with van der Waals surface area (Å²) < 4.78 is 0. The van der Waals surface area contributed by atoms with Crippen LogP contribution < -0.4 is 10.9 Å². The first-order valence-corrected chi connectivity index (χ1v) is 10.8. The Hall–Kier alpha value is -3.08. The molecule has 5 heteroatoms. The zero-order valence-electron chi connectivity index (χ0n) is 17.7. The van der Waals surface area contributed by atoms with Crippen LogP contribution in [0.2, 0.25) is 0 Å². The van der Waals surface area contributed by atoms with Gasteiger partial charge in [0.15, 0.2) is 0 Å². The van der Waals surface area contributed by atoms with Gasteiger partial charge in [0, 0.05) is 17.3 Å². The second-order valence-electron chi connectivity index (χ2n) is 8.31. The van der Waals surface area contributed by atoms with Crippen LogP contribution in [0.4, 0.5) is 10.5 Å². The molecule has 1 aliphatic rings. The number of H-pyrrole nitrogens is 1. The van der Waals surface area contributed by atoms with Crippen LogP contribution in [0.3, 0.4) is 0 Å². The Morgan fingerprint density at radius 2 is 1.80 bits per heavy atom. The molecule has 1 saturated carbocycles. The Morgan fingerprint density at radius 1 is 1.07 bits per heavy atom. The molecule has 0 aliphatic heterocycles. The molecule has 2 aromatic carbocycles. The number of anilines is 1. The first-order chi connectivity index (χ1) is 14.5. The lowest BCUT2D eigenvalue weighted by molar-refractivity contribution is 0.162. The van der Waals surface area contributed by atoms with E-state index in [1.807, 2.05) is 61.2 Å². The highest BCUT2D eigenvalue weighted by atomic mass is 16.2. The average Bonchev–Trinajstić information content (AvgIpc) is 2.76. The number of para-hydroxylation sites is 1. The summed E-state index contributed by atoms with van der Waals surface area (Å²) in [5.41, 5.74) is 4.38. The number of aryl methyl sites for hydroxylation is 2. The first-order valence-electron chi connectivity index (χ1n) is 10.8. The number of amides is 2. The molecule has 4 rings (SSSR count). The van der Waals surface area contributed by atoms with Crippen molar-refractivity contribution in [2.75, 3.05) is 5.32 Å². The van der Waals surface area contributed by atoms with Gasteiger partial charge in [-0.1, -0.05) is 49.6 Å². The number of rotatable bonds is 4. The molecule has 1 aliphatic carbocycles. The smallest absolute Gasteiger partial charge is 0.321 e. The summed E-state index contributed by atoms with van der Waals surface area (Å²) >= 11 is 0. The lowest BCUT2D eigenvalue weighted by Crippen LogP contribution is -2.44. The highest BCUT2D eigenvalue weighted by Crippen LogP contribution is 2.25. The third-order valence-electron chi connectivity index (χ3n) is 6.27. The quantitative estimate of drug-likeness (QED) is 0.603. The zero-order chi connectivity index (χ0) is 21.1. The fraction of sp³-hybridized carbons (Fsp3) is 0.360. The monoisotopic (exact) mass is 403 g/mol. The van der Waals surface area contributed by atoms with Gasteiger partial charge in [0.05, 0.1) is 12.1 Å². The van der Waals surface area contributed by atoms with Crippen molar-refractivity contribution in [1.29, 1.82) is 0 Å². The summed E-state index contributed by atoms with van der Waals surface area (Å²) in [5, 5.41) is 4.01. The average molecular weight is 404 g/mol. The molecule has 0 radical (unpaired) electrons. The summed E-state index contributed by atoms with van der Waals surface area (Å²) in [7, 11) is 0. The van der Waals surface area contributed by atoms with E-state index in [9.17, 15) is 9.59 Å². The maximum absolute atomic E-state index is 13.2. The molecule has 2 N–H and O–H groups in total. The number of carbonyl (C=O) groups is 1. The van der Waals surface area contributed by atoms with Gasteiger partial charge in [-0.2, -0.15) is 0 Å². The molecule has 30 heavy (non-hydrogen) atoms. The molecule has 0 saturated heterocycles. The number of aromatic nitrogens is 1. The van der Waals surface area contributed by atoms with Crippen LogP contribution in [0.5, 0.6) is 0 Å². The molecular weight excluding hydrogens is 374 g/mol. The van der Waals surface area contributed by atoms with Gasteiger partial charge in [-0.3, -0.25) is 4.79 Å². The molecule has 1 fully saturated rings. The summed E-state index contributed by atoms with van der Waals surface area (Å²) in [5.74, 6) is 0. The topological polar surface area (TPSA) is 65.2 Å². The Balaban J connectivity index is 1.65. The van der Waals surface area contributed by atoms with E-state index in [0.29, 0.717) is 12.1 Å². The number of aromatic amines is 1. The third kappa shape index (κ3) is 4.25. The standard InChI is InChI=1S/C25H29N3O2/c1-17-13-14-19-15-20(24(29)27-23(19)18(17)2)16-28(22-11-7-4-8-12-22)25(30)26-21-9-5-3-6-10-21/h3,5-6,9-10,13-15,22H,4,7-8,11-12,16H2,1-2H3,(H,26,30)(H,27,29). The Labute approximate surface area is 177 Å². The largest absolute Gasteiger partial charge is 0.322 e. The number of carbonyl (C=O) groups excluding carboxylic acids is 1. The van der Waals surface area contributed by atoms with Crippen molar-refractivity contribution in [1.82, 2.24) is 9.88 Å². The normalized spacial score (nSPS) is 14.6. The van der Waals surface area contributed by atoms with Crippen molar-refractivity contribution in [2.45, 2.75) is 58.5 Å². The minimum Gasteiger partial charge on any atom is -0.321 e. The number of nitrogens with one attached hydrogen (secondary N) is 2. The number of fused-ring (bicyclic) bond motifs is 1. The van der Waals surface area contributed by atoms with Gasteiger partial charge in [0.25, 0.3) is 5.56 Å². The maximum Gasteiger partial charge on any atom is 0.322 e. The fourth-order valence-corrected chi connectivity index (χ4v) is 4.35. The minimum absolute atomic E-state index is 0.121. The number of hydrogen-bond acceptors (Lipinski definition) is 2. The van der Waals surface area contributed by atoms with E-state index in [1.165, 1.54) is 6.42 Å². The number of benzene rings is 2. The summed E-state index contributed by atoms with van der Waals surface area (Å²) in [6, 6.07) is 15.5. The van der Waals surface area contributed by atoms with E-state index < -0.39 is 0 Å². The van der Waals surface area contributed by atoms with E-state index >= 15 is 0 Å². The molecule has 0 atom stereocenters.